The maximum absolute atomic E-state index is 12.5. The number of carboxylic acid groups (broad SMARTS) is 1. The second-order valence-corrected chi connectivity index (χ2v) is 5.06. The molecule has 0 saturated carbocycles. The zero-order valence-corrected chi connectivity index (χ0v) is 11.6. The smallest absolute Gasteiger partial charge is 0.331 e. The van der Waals surface area contributed by atoms with E-state index in [0.29, 0.717) is 12.0 Å². The maximum Gasteiger partial charge on any atom is 0.331 e. The minimum absolute atomic E-state index is 0.0183. The lowest BCUT2D eigenvalue weighted by atomic mass is 9.85. The van der Waals surface area contributed by atoms with Gasteiger partial charge in [-0.05, 0) is 36.2 Å². The van der Waals surface area contributed by atoms with E-state index in [9.17, 15) is 14.7 Å². The molecule has 0 heterocycles. The van der Waals surface area contributed by atoms with E-state index in [1.807, 2.05) is 24.3 Å². The first kappa shape index (κ1) is 15.2. The molecule has 2 aromatic carbocycles. The molecule has 5 heteroatoms. The summed E-state index contributed by atoms with van der Waals surface area (Å²) < 4.78 is 0. The highest BCUT2D eigenvalue weighted by molar-refractivity contribution is 6.16. The fourth-order valence-corrected chi connectivity index (χ4v) is 2.29. The number of benzene rings is 2. The van der Waals surface area contributed by atoms with Crippen molar-refractivity contribution < 1.29 is 14.7 Å². The molecule has 0 bridgehead atoms. The summed E-state index contributed by atoms with van der Waals surface area (Å²) in [6.07, 6.45) is 0.395. The van der Waals surface area contributed by atoms with Crippen LogP contribution in [0.15, 0.2) is 42.5 Å². The lowest BCUT2D eigenvalue weighted by Crippen LogP contribution is -2.55. The van der Waals surface area contributed by atoms with Crippen LogP contribution in [-0.4, -0.2) is 28.9 Å². The summed E-state index contributed by atoms with van der Waals surface area (Å²) in [5.41, 5.74) is 9.60. The molecule has 1 atom stereocenters. The predicted octanol–water partition coefficient (Wildman–Crippen LogP) is 1.54. The van der Waals surface area contributed by atoms with Crippen molar-refractivity contribution in [1.29, 1.82) is 0 Å². The average molecular weight is 286 g/mol. The van der Waals surface area contributed by atoms with Crippen LogP contribution in [-0.2, 0) is 4.79 Å². The molecule has 0 radical (unpaired) electrons. The van der Waals surface area contributed by atoms with E-state index in [4.69, 9.17) is 11.5 Å². The summed E-state index contributed by atoms with van der Waals surface area (Å²) >= 11 is 0. The van der Waals surface area contributed by atoms with Crippen LogP contribution in [0.5, 0.6) is 0 Å². The number of rotatable bonds is 6. The highest BCUT2D eigenvalue weighted by atomic mass is 16.4. The monoisotopic (exact) mass is 286 g/mol. The van der Waals surface area contributed by atoms with E-state index in [1.165, 1.54) is 0 Å². The van der Waals surface area contributed by atoms with E-state index < -0.39 is 17.3 Å². The van der Waals surface area contributed by atoms with Gasteiger partial charge in [-0.25, -0.2) is 4.79 Å². The third kappa shape index (κ3) is 2.94. The number of carbonyl (C=O) groups is 2. The van der Waals surface area contributed by atoms with Gasteiger partial charge in [0.15, 0.2) is 11.3 Å². The molecule has 0 spiro atoms. The van der Waals surface area contributed by atoms with Gasteiger partial charge in [0, 0.05) is 5.56 Å². The predicted molar refractivity (Wildman–Crippen MR) is 81.1 cm³/mol. The third-order valence-corrected chi connectivity index (χ3v) is 3.57. The van der Waals surface area contributed by atoms with Gasteiger partial charge in [-0.3, -0.25) is 4.79 Å². The molecule has 0 unspecified atom stereocenters. The van der Waals surface area contributed by atoms with Crippen molar-refractivity contribution in [2.24, 2.45) is 11.5 Å². The summed E-state index contributed by atoms with van der Waals surface area (Å²) in [5.74, 6) is -1.91. The molecule has 2 rings (SSSR count). The van der Waals surface area contributed by atoms with Gasteiger partial charge >= 0.3 is 5.97 Å². The Kier molecular flexibility index (Phi) is 4.35. The number of carboxylic acids is 1. The molecule has 0 aliphatic heterocycles. The standard InChI is InChI=1S/C16H18N2O3/c17-9-3-8-16(18,15(20)21)14(19)13-7-6-11-4-1-2-5-12(11)10-13/h1-2,4-7,10H,3,8-9,17-18H2,(H,20,21)/t16-/m1/s1. The highest BCUT2D eigenvalue weighted by Gasteiger charge is 2.41. The molecule has 0 aliphatic rings. The second kappa shape index (κ2) is 6.03. The van der Waals surface area contributed by atoms with E-state index in [2.05, 4.69) is 0 Å². The summed E-state index contributed by atoms with van der Waals surface area (Å²) in [6, 6.07) is 12.6. The maximum atomic E-state index is 12.5. The van der Waals surface area contributed by atoms with Gasteiger partial charge in [0.2, 0.25) is 0 Å². The van der Waals surface area contributed by atoms with Gasteiger partial charge in [-0.1, -0.05) is 36.4 Å². The van der Waals surface area contributed by atoms with Crippen LogP contribution in [0.1, 0.15) is 23.2 Å². The molecular formula is C16H18N2O3. The molecule has 2 aromatic rings. The lowest BCUT2D eigenvalue weighted by molar-refractivity contribution is -0.141. The zero-order chi connectivity index (χ0) is 15.5. The lowest BCUT2D eigenvalue weighted by Gasteiger charge is -2.23. The first-order chi connectivity index (χ1) is 9.99. The third-order valence-electron chi connectivity index (χ3n) is 3.57. The van der Waals surface area contributed by atoms with Gasteiger partial charge in [-0.2, -0.15) is 0 Å². The highest BCUT2D eigenvalue weighted by Crippen LogP contribution is 2.21. The zero-order valence-electron chi connectivity index (χ0n) is 11.6. The number of ketones is 1. The van der Waals surface area contributed by atoms with Crippen molar-refractivity contribution in [3.05, 3.63) is 48.0 Å². The quantitative estimate of drug-likeness (QED) is 0.551. The van der Waals surface area contributed by atoms with Gasteiger partial charge in [-0.15, -0.1) is 0 Å². The van der Waals surface area contributed by atoms with Crippen LogP contribution < -0.4 is 11.5 Å². The van der Waals surface area contributed by atoms with Gasteiger partial charge < -0.3 is 16.6 Å². The Hall–Kier alpha value is -2.24. The molecule has 110 valence electrons. The van der Waals surface area contributed by atoms with E-state index in [-0.39, 0.29) is 13.0 Å². The van der Waals surface area contributed by atoms with Crippen molar-refractivity contribution in [3.8, 4) is 0 Å². The number of carbonyl (C=O) groups excluding carboxylic acids is 1. The Morgan fingerprint density at radius 2 is 1.76 bits per heavy atom. The first-order valence-electron chi connectivity index (χ1n) is 6.75. The van der Waals surface area contributed by atoms with E-state index >= 15 is 0 Å². The average Bonchev–Trinajstić information content (AvgIpc) is 2.51. The summed E-state index contributed by atoms with van der Waals surface area (Å²) in [6.45, 7) is 0.289. The molecule has 0 fully saturated rings. The second-order valence-electron chi connectivity index (χ2n) is 5.06. The minimum Gasteiger partial charge on any atom is -0.480 e. The fraction of sp³-hybridized carbons (Fsp3) is 0.250. The van der Waals surface area contributed by atoms with Crippen LogP contribution in [0.25, 0.3) is 10.8 Å². The Morgan fingerprint density at radius 1 is 1.10 bits per heavy atom. The minimum atomic E-state index is -1.93. The van der Waals surface area contributed by atoms with Crippen LogP contribution in [0.4, 0.5) is 0 Å². The molecule has 0 aromatic heterocycles. The van der Waals surface area contributed by atoms with Crippen LogP contribution in [0, 0.1) is 0 Å². The summed E-state index contributed by atoms with van der Waals surface area (Å²) in [4.78, 5) is 23.9. The van der Waals surface area contributed by atoms with Crippen molar-refractivity contribution in [3.63, 3.8) is 0 Å². The number of hydrogen-bond acceptors (Lipinski definition) is 4. The number of fused-ring (bicyclic) bond motifs is 1. The van der Waals surface area contributed by atoms with Gasteiger partial charge in [0.05, 0.1) is 0 Å². The molecule has 5 nitrogen and oxygen atoms in total. The first-order valence-corrected chi connectivity index (χ1v) is 6.75. The normalized spacial score (nSPS) is 13.8. The van der Waals surface area contributed by atoms with Crippen molar-refractivity contribution in [2.45, 2.75) is 18.4 Å². The van der Waals surface area contributed by atoms with Crippen molar-refractivity contribution >= 4 is 22.5 Å². The number of nitrogens with two attached hydrogens (primary N) is 2. The summed E-state index contributed by atoms with van der Waals surface area (Å²) in [5, 5.41) is 11.2. The van der Waals surface area contributed by atoms with Gasteiger partial charge in [0.1, 0.15) is 0 Å². The van der Waals surface area contributed by atoms with Crippen LogP contribution in [0.3, 0.4) is 0 Å². The molecule has 21 heavy (non-hydrogen) atoms. The number of Topliss-reactive ketones (excluding diaryl/α,β-unsaturated/α-hetero) is 1. The Balaban J connectivity index is 2.41. The van der Waals surface area contributed by atoms with Crippen LogP contribution >= 0.6 is 0 Å². The van der Waals surface area contributed by atoms with Crippen molar-refractivity contribution in [2.75, 3.05) is 6.54 Å². The number of hydrogen-bond donors (Lipinski definition) is 3. The molecule has 5 N–H and O–H groups in total. The van der Waals surface area contributed by atoms with Crippen molar-refractivity contribution in [1.82, 2.24) is 0 Å². The molecule has 0 aliphatic carbocycles. The van der Waals surface area contributed by atoms with Gasteiger partial charge in [0.25, 0.3) is 0 Å². The largest absolute Gasteiger partial charge is 0.480 e. The molecule has 0 saturated heterocycles. The molecular weight excluding hydrogens is 268 g/mol. The Bertz CT molecular complexity index is 684. The fourth-order valence-electron chi connectivity index (χ4n) is 2.29. The topological polar surface area (TPSA) is 106 Å². The van der Waals surface area contributed by atoms with E-state index in [0.717, 1.165) is 10.8 Å². The summed E-state index contributed by atoms with van der Waals surface area (Å²) in [7, 11) is 0. The van der Waals surface area contributed by atoms with E-state index in [1.54, 1.807) is 18.2 Å². The number of aliphatic carboxylic acids is 1. The molecule has 0 amide bonds. The Morgan fingerprint density at radius 3 is 2.38 bits per heavy atom. The Labute approximate surface area is 122 Å². The van der Waals surface area contributed by atoms with Crippen LogP contribution in [0.2, 0.25) is 0 Å². The SMILES string of the molecule is NCCC[C@](N)(C(=O)O)C(=O)c1ccc2ccccc2c1.